The second kappa shape index (κ2) is 9.58. The highest BCUT2D eigenvalue weighted by atomic mass is 79.9. The fourth-order valence-electron chi connectivity index (χ4n) is 3.45. The largest absolute Gasteiger partial charge is 0.481 e. The summed E-state index contributed by atoms with van der Waals surface area (Å²) in [7, 11) is 1.29. The highest BCUT2D eigenvalue weighted by molar-refractivity contribution is 9.10. The molecule has 0 atom stereocenters. The Kier molecular flexibility index (Phi) is 7.13. The van der Waals surface area contributed by atoms with Crippen LogP contribution in [0.4, 0.5) is 5.00 Å². The van der Waals surface area contributed by atoms with Crippen molar-refractivity contribution in [2.24, 2.45) is 0 Å². The second-order valence-electron chi connectivity index (χ2n) is 6.92. The summed E-state index contributed by atoms with van der Waals surface area (Å²) in [4.78, 5) is 36.2. The Balaban J connectivity index is 1.85. The highest BCUT2D eigenvalue weighted by Gasteiger charge is 2.24. The fraction of sp³-hybridized carbons (Fsp3) is 0.450. The molecule has 0 radical (unpaired) electrons. The number of hydrogen-bond acceptors (Lipinski definition) is 6. The molecule has 0 saturated heterocycles. The summed E-state index contributed by atoms with van der Waals surface area (Å²) in [6.07, 6.45) is 5.48. The molecule has 156 valence electrons. The standard InChI is InChI=1S/C20H23BrN2O5S/c1-11(24)22-19-16(20(26)27-2)13-8-9-14(21)17(18(13)29-19)28-10-15(25)23-12-6-4-3-5-7-12/h8-9,12H,3-7,10H2,1-2H3,(H,22,24)(H,23,25). The smallest absolute Gasteiger partial charge is 0.341 e. The first kappa shape index (κ1) is 21.6. The van der Waals surface area contributed by atoms with E-state index in [2.05, 4.69) is 26.6 Å². The first-order valence-corrected chi connectivity index (χ1v) is 11.0. The number of hydrogen-bond donors (Lipinski definition) is 2. The van der Waals surface area contributed by atoms with Crippen LogP contribution in [0.3, 0.4) is 0 Å². The number of benzene rings is 1. The van der Waals surface area contributed by atoms with Gasteiger partial charge in [0.25, 0.3) is 5.91 Å². The number of methoxy groups -OCH3 is 1. The quantitative estimate of drug-likeness (QED) is 0.600. The summed E-state index contributed by atoms with van der Waals surface area (Å²) in [6.45, 7) is 1.24. The van der Waals surface area contributed by atoms with E-state index in [0.717, 1.165) is 25.7 Å². The zero-order valence-electron chi connectivity index (χ0n) is 16.3. The number of carbonyl (C=O) groups excluding carboxylic acids is 3. The van der Waals surface area contributed by atoms with Crippen LogP contribution in [0.25, 0.3) is 10.1 Å². The van der Waals surface area contributed by atoms with Crippen molar-refractivity contribution < 1.29 is 23.9 Å². The molecule has 0 unspecified atom stereocenters. The number of nitrogens with one attached hydrogen (secondary N) is 2. The average Bonchev–Trinajstić information content (AvgIpc) is 3.04. The summed E-state index contributed by atoms with van der Waals surface area (Å²) >= 11 is 4.66. The summed E-state index contributed by atoms with van der Waals surface area (Å²) in [6, 6.07) is 3.70. The van der Waals surface area contributed by atoms with Crippen molar-refractivity contribution in [3.63, 3.8) is 0 Å². The third kappa shape index (κ3) is 5.08. The van der Waals surface area contributed by atoms with Crippen molar-refractivity contribution in [2.45, 2.75) is 45.1 Å². The lowest BCUT2D eigenvalue weighted by Gasteiger charge is -2.22. The lowest BCUT2D eigenvalue weighted by molar-refractivity contribution is -0.124. The molecule has 7 nitrogen and oxygen atoms in total. The Bertz CT molecular complexity index is 937. The summed E-state index contributed by atoms with van der Waals surface area (Å²) in [5, 5.41) is 6.67. The predicted molar refractivity (Wildman–Crippen MR) is 116 cm³/mol. The molecule has 2 amide bonds. The van der Waals surface area contributed by atoms with Crippen LogP contribution >= 0.6 is 27.3 Å². The maximum absolute atomic E-state index is 12.3. The zero-order chi connectivity index (χ0) is 21.0. The van der Waals surface area contributed by atoms with Crippen molar-refractivity contribution in [1.82, 2.24) is 5.32 Å². The number of amides is 2. The van der Waals surface area contributed by atoms with Crippen molar-refractivity contribution in [2.75, 3.05) is 19.0 Å². The van der Waals surface area contributed by atoms with E-state index in [1.165, 1.54) is 31.8 Å². The zero-order valence-corrected chi connectivity index (χ0v) is 18.7. The number of carbonyl (C=O) groups is 3. The minimum absolute atomic E-state index is 0.130. The molecule has 1 aliphatic carbocycles. The maximum Gasteiger partial charge on any atom is 0.341 e. The van der Waals surface area contributed by atoms with Crippen LogP contribution in [-0.2, 0) is 14.3 Å². The van der Waals surface area contributed by atoms with Crippen LogP contribution < -0.4 is 15.4 Å². The van der Waals surface area contributed by atoms with Crippen molar-refractivity contribution in [3.05, 3.63) is 22.2 Å². The molecule has 2 aromatic rings. The van der Waals surface area contributed by atoms with Crippen molar-refractivity contribution in [1.29, 1.82) is 0 Å². The summed E-state index contributed by atoms with van der Waals surface area (Å²) in [5.74, 6) is -0.570. The lowest BCUT2D eigenvalue weighted by atomic mass is 9.95. The normalized spacial score (nSPS) is 14.4. The van der Waals surface area contributed by atoms with Gasteiger partial charge in [-0.2, -0.15) is 0 Å². The second-order valence-corrected chi connectivity index (χ2v) is 8.80. The minimum Gasteiger partial charge on any atom is -0.481 e. The molecule has 1 heterocycles. The van der Waals surface area contributed by atoms with Gasteiger partial charge in [0.15, 0.2) is 12.4 Å². The number of ether oxygens (including phenoxy) is 2. The third-order valence-corrected chi connectivity index (χ3v) is 6.51. The van der Waals surface area contributed by atoms with E-state index in [1.54, 1.807) is 12.1 Å². The van der Waals surface area contributed by atoms with Gasteiger partial charge in [-0.1, -0.05) is 25.3 Å². The third-order valence-electron chi connectivity index (χ3n) is 4.76. The number of esters is 1. The van der Waals surface area contributed by atoms with Crippen LogP contribution in [0, 0.1) is 0 Å². The molecule has 29 heavy (non-hydrogen) atoms. The molecule has 9 heteroatoms. The van der Waals surface area contributed by atoms with Crippen LogP contribution in [0.15, 0.2) is 16.6 Å². The van der Waals surface area contributed by atoms with E-state index in [9.17, 15) is 14.4 Å². The van der Waals surface area contributed by atoms with E-state index in [0.29, 0.717) is 25.3 Å². The molecule has 1 fully saturated rings. The van der Waals surface area contributed by atoms with Gasteiger partial charge < -0.3 is 20.1 Å². The molecule has 3 rings (SSSR count). The monoisotopic (exact) mass is 482 g/mol. The molecule has 1 aromatic heterocycles. The molecule has 2 N–H and O–H groups in total. The van der Waals surface area contributed by atoms with E-state index in [1.807, 2.05) is 0 Å². The van der Waals surface area contributed by atoms with Crippen LogP contribution in [0.5, 0.6) is 5.75 Å². The van der Waals surface area contributed by atoms with Crippen molar-refractivity contribution in [3.8, 4) is 5.75 Å². The minimum atomic E-state index is -0.552. The van der Waals surface area contributed by atoms with Crippen LogP contribution in [-0.4, -0.2) is 37.5 Å². The molecule has 0 spiro atoms. The fourth-order valence-corrected chi connectivity index (χ4v) is 5.27. The molecule has 0 bridgehead atoms. The molecule has 1 saturated carbocycles. The van der Waals surface area contributed by atoms with Gasteiger partial charge in [-0.25, -0.2) is 4.79 Å². The van der Waals surface area contributed by atoms with E-state index >= 15 is 0 Å². The lowest BCUT2D eigenvalue weighted by Crippen LogP contribution is -2.39. The first-order valence-electron chi connectivity index (χ1n) is 9.43. The summed E-state index contributed by atoms with van der Waals surface area (Å²) in [5.41, 5.74) is 0.270. The average molecular weight is 483 g/mol. The van der Waals surface area contributed by atoms with Gasteiger partial charge >= 0.3 is 5.97 Å². The first-order chi connectivity index (χ1) is 13.9. The van der Waals surface area contributed by atoms with E-state index in [-0.39, 0.29) is 30.0 Å². The van der Waals surface area contributed by atoms with Gasteiger partial charge in [0.2, 0.25) is 5.91 Å². The molecular formula is C20H23BrN2O5S. The van der Waals surface area contributed by atoms with E-state index < -0.39 is 5.97 Å². The van der Waals surface area contributed by atoms with Gasteiger partial charge in [0.1, 0.15) is 10.6 Å². The van der Waals surface area contributed by atoms with Crippen molar-refractivity contribution >= 4 is 60.1 Å². The Morgan fingerprint density at radius 1 is 1.21 bits per heavy atom. The highest BCUT2D eigenvalue weighted by Crippen LogP contribution is 2.44. The number of anilines is 1. The number of thiophene rings is 1. The predicted octanol–water partition coefficient (Wildman–Crippen LogP) is 4.24. The Hall–Kier alpha value is -2.13. The Labute approximate surface area is 181 Å². The maximum atomic E-state index is 12.3. The Morgan fingerprint density at radius 2 is 1.93 bits per heavy atom. The SMILES string of the molecule is COC(=O)c1c(NC(C)=O)sc2c(OCC(=O)NC3CCCCC3)c(Br)ccc12. The van der Waals surface area contributed by atoms with Gasteiger partial charge in [-0.3, -0.25) is 9.59 Å². The number of halogens is 1. The molecule has 0 aliphatic heterocycles. The summed E-state index contributed by atoms with van der Waals surface area (Å²) < 4.78 is 12.0. The van der Waals surface area contributed by atoms with Gasteiger partial charge in [0.05, 0.1) is 16.3 Å². The number of fused-ring (bicyclic) bond motifs is 1. The molecular weight excluding hydrogens is 460 g/mol. The van der Waals surface area contributed by atoms with Gasteiger partial charge in [-0.15, -0.1) is 11.3 Å². The van der Waals surface area contributed by atoms with Gasteiger partial charge in [0, 0.05) is 18.4 Å². The Morgan fingerprint density at radius 3 is 2.59 bits per heavy atom. The van der Waals surface area contributed by atoms with Crippen LogP contribution in [0.1, 0.15) is 49.4 Å². The number of rotatable bonds is 6. The molecule has 1 aromatic carbocycles. The van der Waals surface area contributed by atoms with Crippen LogP contribution in [0.2, 0.25) is 0 Å². The van der Waals surface area contributed by atoms with Gasteiger partial charge in [-0.05, 0) is 34.8 Å². The molecule has 1 aliphatic rings. The van der Waals surface area contributed by atoms with E-state index in [4.69, 9.17) is 9.47 Å². The topological polar surface area (TPSA) is 93.7 Å².